The summed E-state index contributed by atoms with van der Waals surface area (Å²) in [6.07, 6.45) is -1.95. The number of alkyl halides is 2. The lowest BCUT2D eigenvalue weighted by Crippen LogP contribution is -2.09. The summed E-state index contributed by atoms with van der Waals surface area (Å²) in [7, 11) is 0. The number of nitrogens with one attached hydrogen (secondary N) is 1. The molecule has 0 bridgehead atoms. The molecule has 0 aliphatic heterocycles. The molecule has 1 aromatic carbocycles. The molecule has 1 rings (SSSR count). The van der Waals surface area contributed by atoms with Crippen molar-refractivity contribution in [3.05, 3.63) is 35.9 Å². The van der Waals surface area contributed by atoms with Gasteiger partial charge in [0.1, 0.15) is 0 Å². The Hall–Kier alpha value is -1.25. The molecule has 0 atom stereocenters. The Kier molecular flexibility index (Phi) is 3.55. The summed E-state index contributed by atoms with van der Waals surface area (Å²) in [5.41, 5.74) is 0.511. The minimum absolute atomic E-state index is 0.141. The van der Waals surface area contributed by atoms with Crippen molar-refractivity contribution in [1.82, 2.24) is 0 Å². The molecule has 0 spiro atoms. The third kappa shape index (κ3) is 3.32. The largest absolute Gasteiger partial charge is 0.304 e. The zero-order valence-electron chi connectivity index (χ0n) is 7.13. The predicted octanol–water partition coefficient (Wildman–Crippen LogP) is 2.90. The van der Waals surface area contributed by atoms with Gasteiger partial charge in [-0.05, 0) is 18.4 Å². The second-order valence-electron chi connectivity index (χ2n) is 2.81. The zero-order valence-corrected chi connectivity index (χ0v) is 7.13. The molecular weight excluding hydrogens is 172 g/mol. The number of benzene rings is 1. The lowest BCUT2D eigenvalue weighted by molar-refractivity contribution is 0.221. The van der Waals surface area contributed by atoms with Crippen LogP contribution in [0.1, 0.15) is 12.0 Å². The monoisotopic (exact) mass is 183 g/mol. The molecule has 1 N–H and O–H groups in total. The van der Waals surface area contributed by atoms with Gasteiger partial charge in [-0.1, -0.05) is 30.3 Å². The molecule has 1 aromatic rings. The van der Waals surface area contributed by atoms with Crippen LogP contribution in [0.25, 0.3) is 0 Å². The molecule has 0 heterocycles. The van der Waals surface area contributed by atoms with Crippen molar-refractivity contribution in [2.45, 2.75) is 19.3 Å². The van der Waals surface area contributed by atoms with Gasteiger partial charge < -0.3 is 5.41 Å². The third-order valence-electron chi connectivity index (χ3n) is 1.79. The molecule has 0 amide bonds. The van der Waals surface area contributed by atoms with E-state index >= 15 is 0 Å². The maximum Gasteiger partial charge on any atom is 0.275 e. The van der Waals surface area contributed by atoms with E-state index in [2.05, 4.69) is 0 Å². The molecule has 0 saturated carbocycles. The van der Waals surface area contributed by atoms with Crippen molar-refractivity contribution in [3.63, 3.8) is 0 Å². The van der Waals surface area contributed by atoms with Gasteiger partial charge in [-0.15, -0.1) is 0 Å². The molecular formula is C10H11F2N. The van der Waals surface area contributed by atoms with Crippen LogP contribution in [0.3, 0.4) is 0 Å². The van der Waals surface area contributed by atoms with Crippen molar-refractivity contribution >= 4 is 5.71 Å². The first-order valence-corrected chi connectivity index (χ1v) is 4.09. The molecule has 0 unspecified atom stereocenters. The van der Waals surface area contributed by atoms with Crippen LogP contribution in [-0.4, -0.2) is 12.1 Å². The second-order valence-corrected chi connectivity index (χ2v) is 2.81. The van der Waals surface area contributed by atoms with Crippen LogP contribution in [-0.2, 0) is 6.42 Å². The van der Waals surface area contributed by atoms with Crippen LogP contribution >= 0.6 is 0 Å². The Morgan fingerprint density at radius 2 is 1.85 bits per heavy atom. The van der Waals surface area contributed by atoms with Gasteiger partial charge >= 0.3 is 0 Å². The first-order valence-electron chi connectivity index (χ1n) is 4.09. The van der Waals surface area contributed by atoms with Crippen LogP contribution in [0.2, 0.25) is 0 Å². The van der Waals surface area contributed by atoms with Gasteiger partial charge in [0.15, 0.2) is 0 Å². The minimum Gasteiger partial charge on any atom is -0.304 e. The Labute approximate surface area is 75.9 Å². The molecule has 0 aromatic heterocycles. The number of rotatable bonds is 4. The SMILES string of the molecule is N=C(CCc1ccccc1)C(F)F. The highest BCUT2D eigenvalue weighted by molar-refractivity contribution is 5.84. The van der Waals surface area contributed by atoms with E-state index in [0.717, 1.165) is 5.56 Å². The molecule has 0 fully saturated rings. The maximum absolute atomic E-state index is 11.9. The van der Waals surface area contributed by atoms with Crippen molar-refractivity contribution < 1.29 is 8.78 Å². The predicted molar refractivity (Wildman–Crippen MR) is 48.5 cm³/mol. The van der Waals surface area contributed by atoms with E-state index in [9.17, 15) is 8.78 Å². The molecule has 13 heavy (non-hydrogen) atoms. The molecule has 70 valence electrons. The first-order chi connectivity index (χ1) is 6.20. The fraction of sp³-hybridized carbons (Fsp3) is 0.300. The van der Waals surface area contributed by atoms with Gasteiger partial charge in [0.25, 0.3) is 6.43 Å². The van der Waals surface area contributed by atoms with Crippen LogP contribution in [0, 0.1) is 5.41 Å². The fourth-order valence-electron chi connectivity index (χ4n) is 1.03. The summed E-state index contributed by atoms with van der Waals surface area (Å²) < 4.78 is 23.8. The van der Waals surface area contributed by atoms with Crippen molar-refractivity contribution in [2.24, 2.45) is 0 Å². The fourth-order valence-corrected chi connectivity index (χ4v) is 1.03. The van der Waals surface area contributed by atoms with E-state index in [1.165, 1.54) is 0 Å². The van der Waals surface area contributed by atoms with Crippen LogP contribution in [0.15, 0.2) is 30.3 Å². The Balaban J connectivity index is 2.40. The Morgan fingerprint density at radius 1 is 1.23 bits per heavy atom. The van der Waals surface area contributed by atoms with Gasteiger partial charge in [0, 0.05) is 0 Å². The normalized spacial score (nSPS) is 10.4. The van der Waals surface area contributed by atoms with Crippen molar-refractivity contribution in [1.29, 1.82) is 5.41 Å². The Morgan fingerprint density at radius 3 is 2.38 bits per heavy atom. The number of hydrogen-bond acceptors (Lipinski definition) is 1. The summed E-state index contributed by atoms with van der Waals surface area (Å²) in [5.74, 6) is 0. The summed E-state index contributed by atoms with van der Waals surface area (Å²) in [6, 6.07) is 9.35. The molecule has 0 radical (unpaired) electrons. The van der Waals surface area contributed by atoms with E-state index in [1.54, 1.807) is 0 Å². The average Bonchev–Trinajstić information content (AvgIpc) is 2.15. The van der Waals surface area contributed by atoms with E-state index < -0.39 is 12.1 Å². The highest BCUT2D eigenvalue weighted by Crippen LogP contribution is 2.06. The standard InChI is InChI=1S/C10H11F2N/c11-10(12)9(13)7-6-8-4-2-1-3-5-8/h1-5,10,13H,6-7H2. The number of halogens is 2. The van der Waals surface area contributed by atoms with Gasteiger partial charge in [0.05, 0.1) is 5.71 Å². The summed E-state index contributed by atoms with van der Waals surface area (Å²) in [4.78, 5) is 0. The van der Waals surface area contributed by atoms with E-state index in [4.69, 9.17) is 5.41 Å². The lowest BCUT2D eigenvalue weighted by Gasteiger charge is -2.02. The van der Waals surface area contributed by atoms with Crippen molar-refractivity contribution in [3.8, 4) is 0 Å². The zero-order chi connectivity index (χ0) is 9.68. The topological polar surface area (TPSA) is 23.9 Å². The number of hydrogen-bond donors (Lipinski definition) is 1. The van der Waals surface area contributed by atoms with E-state index in [1.807, 2.05) is 30.3 Å². The van der Waals surface area contributed by atoms with E-state index in [-0.39, 0.29) is 6.42 Å². The highest BCUT2D eigenvalue weighted by Gasteiger charge is 2.09. The first kappa shape index (κ1) is 9.84. The van der Waals surface area contributed by atoms with Gasteiger partial charge in [0.2, 0.25) is 0 Å². The van der Waals surface area contributed by atoms with E-state index in [0.29, 0.717) is 6.42 Å². The molecule has 3 heteroatoms. The maximum atomic E-state index is 11.9. The molecule has 0 saturated heterocycles. The highest BCUT2D eigenvalue weighted by atomic mass is 19.3. The lowest BCUT2D eigenvalue weighted by atomic mass is 10.1. The van der Waals surface area contributed by atoms with Crippen LogP contribution < -0.4 is 0 Å². The summed E-state index contributed by atoms with van der Waals surface area (Å²) >= 11 is 0. The number of aryl methyl sites for hydroxylation is 1. The van der Waals surface area contributed by atoms with Crippen LogP contribution in [0.5, 0.6) is 0 Å². The molecule has 0 aliphatic rings. The third-order valence-corrected chi connectivity index (χ3v) is 1.79. The average molecular weight is 183 g/mol. The van der Waals surface area contributed by atoms with Crippen molar-refractivity contribution in [2.75, 3.05) is 0 Å². The second kappa shape index (κ2) is 4.70. The van der Waals surface area contributed by atoms with Gasteiger partial charge in [-0.2, -0.15) is 0 Å². The summed E-state index contributed by atoms with van der Waals surface area (Å²) in [5, 5.41) is 6.94. The smallest absolute Gasteiger partial charge is 0.275 e. The van der Waals surface area contributed by atoms with Crippen LogP contribution in [0.4, 0.5) is 8.78 Å². The molecule has 0 aliphatic carbocycles. The van der Waals surface area contributed by atoms with Gasteiger partial charge in [-0.25, -0.2) is 8.78 Å². The minimum atomic E-state index is -2.61. The van der Waals surface area contributed by atoms with Gasteiger partial charge in [-0.3, -0.25) is 0 Å². The summed E-state index contributed by atoms with van der Waals surface area (Å²) in [6.45, 7) is 0. The molecule has 1 nitrogen and oxygen atoms in total. The quantitative estimate of drug-likeness (QED) is 0.694. The Bertz CT molecular complexity index is 270.